The van der Waals surface area contributed by atoms with Crippen LogP contribution in [0.3, 0.4) is 0 Å². The molecular formula is C16H19N5O3S. The van der Waals surface area contributed by atoms with Crippen molar-refractivity contribution in [1.82, 2.24) is 9.88 Å². The van der Waals surface area contributed by atoms with Gasteiger partial charge < -0.3 is 10.6 Å². The second kappa shape index (κ2) is 7.58. The summed E-state index contributed by atoms with van der Waals surface area (Å²) < 4.78 is 0. The molecule has 0 spiro atoms. The Morgan fingerprint density at radius 1 is 1.32 bits per heavy atom. The van der Waals surface area contributed by atoms with E-state index in [1.54, 1.807) is 29.7 Å². The number of thiazole rings is 1. The van der Waals surface area contributed by atoms with E-state index in [1.807, 2.05) is 5.38 Å². The molecule has 0 saturated carbocycles. The summed E-state index contributed by atoms with van der Waals surface area (Å²) in [6, 6.07) is 4.43. The summed E-state index contributed by atoms with van der Waals surface area (Å²) in [6.45, 7) is 3.89. The van der Waals surface area contributed by atoms with E-state index in [9.17, 15) is 14.9 Å². The number of nitrogens with two attached hydrogens (primary N) is 1. The number of hydrogen-bond acceptors (Lipinski definition) is 7. The lowest BCUT2D eigenvalue weighted by molar-refractivity contribution is -0.385. The van der Waals surface area contributed by atoms with Gasteiger partial charge in [-0.15, -0.1) is 11.3 Å². The van der Waals surface area contributed by atoms with Crippen molar-refractivity contribution in [1.29, 1.82) is 0 Å². The van der Waals surface area contributed by atoms with E-state index in [2.05, 4.69) is 14.8 Å². The highest BCUT2D eigenvalue weighted by molar-refractivity contribution is 7.13. The molecule has 1 aromatic heterocycles. The van der Waals surface area contributed by atoms with Crippen LogP contribution in [-0.4, -0.2) is 46.9 Å². The van der Waals surface area contributed by atoms with Gasteiger partial charge in [0.25, 0.3) is 5.69 Å². The number of primary amides is 1. The van der Waals surface area contributed by atoms with Gasteiger partial charge in [0.2, 0.25) is 5.91 Å². The lowest BCUT2D eigenvalue weighted by Crippen LogP contribution is -2.30. The van der Waals surface area contributed by atoms with Crippen LogP contribution in [0, 0.1) is 10.1 Å². The Hall–Kier alpha value is -2.52. The SMILES string of the molecule is NC(=O)c1ccc(CN2CCCN(c3nccs3)CC2)c([N+](=O)[O-])c1. The molecule has 8 nitrogen and oxygen atoms in total. The molecule has 2 heterocycles. The molecule has 0 radical (unpaired) electrons. The van der Waals surface area contributed by atoms with Gasteiger partial charge in [-0.05, 0) is 12.5 Å². The highest BCUT2D eigenvalue weighted by Crippen LogP contribution is 2.24. The van der Waals surface area contributed by atoms with Gasteiger partial charge in [0, 0.05) is 61.5 Å². The Morgan fingerprint density at radius 3 is 2.84 bits per heavy atom. The van der Waals surface area contributed by atoms with Crippen LogP contribution >= 0.6 is 11.3 Å². The summed E-state index contributed by atoms with van der Waals surface area (Å²) in [6.07, 6.45) is 2.76. The third-order valence-corrected chi connectivity index (χ3v) is 5.07. The largest absolute Gasteiger partial charge is 0.366 e. The Labute approximate surface area is 149 Å². The number of hydrogen-bond donors (Lipinski definition) is 1. The molecule has 0 aliphatic carbocycles. The Kier molecular flexibility index (Phi) is 5.25. The molecule has 0 bridgehead atoms. The van der Waals surface area contributed by atoms with Gasteiger partial charge in [0.15, 0.2) is 5.13 Å². The first-order valence-electron chi connectivity index (χ1n) is 7.98. The lowest BCUT2D eigenvalue weighted by atomic mass is 10.1. The fourth-order valence-electron chi connectivity index (χ4n) is 2.95. The standard InChI is InChI=1S/C16H19N5O3S/c17-15(22)12-2-3-13(14(10-12)21(23)24)11-19-5-1-6-20(8-7-19)16-18-4-9-25-16/h2-4,9-10H,1,5-8,11H2,(H2,17,22). The molecule has 0 unspecified atom stereocenters. The van der Waals surface area contributed by atoms with Gasteiger partial charge in [-0.3, -0.25) is 19.8 Å². The maximum atomic E-state index is 11.3. The zero-order valence-electron chi connectivity index (χ0n) is 13.6. The minimum absolute atomic E-state index is 0.0580. The number of carbonyl (C=O) groups is 1. The molecule has 1 aliphatic rings. The van der Waals surface area contributed by atoms with Gasteiger partial charge in [0.05, 0.1) is 4.92 Å². The zero-order valence-corrected chi connectivity index (χ0v) is 14.4. The molecular weight excluding hydrogens is 342 g/mol. The molecule has 3 rings (SSSR count). The van der Waals surface area contributed by atoms with Crippen LogP contribution in [0.2, 0.25) is 0 Å². The third-order valence-electron chi connectivity index (χ3n) is 4.24. The number of benzene rings is 1. The number of anilines is 1. The number of nitro benzene ring substituents is 1. The maximum Gasteiger partial charge on any atom is 0.274 e. The first-order chi connectivity index (χ1) is 12.0. The fraction of sp³-hybridized carbons (Fsp3) is 0.375. The minimum atomic E-state index is -0.663. The monoisotopic (exact) mass is 361 g/mol. The second-order valence-corrected chi connectivity index (χ2v) is 6.77. The number of aromatic nitrogens is 1. The van der Waals surface area contributed by atoms with Crippen LogP contribution in [-0.2, 0) is 6.54 Å². The average Bonchev–Trinajstić information content (AvgIpc) is 3.02. The van der Waals surface area contributed by atoms with Gasteiger partial charge in [0.1, 0.15) is 0 Å². The molecule has 25 heavy (non-hydrogen) atoms. The van der Waals surface area contributed by atoms with Gasteiger partial charge in [-0.1, -0.05) is 6.07 Å². The zero-order chi connectivity index (χ0) is 17.8. The topological polar surface area (TPSA) is 106 Å². The van der Waals surface area contributed by atoms with Crippen molar-refractivity contribution in [2.75, 3.05) is 31.1 Å². The van der Waals surface area contributed by atoms with Crippen LogP contribution in [0.25, 0.3) is 0 Å². The number of carbonyl (C=O) groups excluding carboxylic acids is 1. The molecule has 1 saturated heterocycles. The van der Waals surface area contributed by atoms with E-state index in [1.165, 1.54) is 6.07 Å². The first kappa shape index (κ1) is 17.3. The van der Waals surface area contributed by atoms with Crippen LogP contribution in [0.15, 0.2) is 29.8 Å². The van der Waals surface area contributed by atoms with E-state index in [4.69, 9.17) is 5.73 Å². The van der Waals surface area contributed by atoms with Gasteiger partial charge >= 0.3 is 0 Å². The van der Waals surface area contributed by atoms with Crippen molar-refractivity contribution >= 4 is 28.1 Å². The van der Waals surface area contributed by atoms with Crippen molar-refractivity contribution < 1.29 is 9.72 Å². The molecule has 9 heteroatoms. The molecule has 0 atom stereocenters. The summed E-state index contributed by atoms with van der Waals surface area (Å²) in [7, 11) is 0. The van der Waals surface area contributed by atoms with Crippen molar-refractivity contribution in [2.24, 2.45) is 5.73 Å². The molecule has 1 fully saturated rings. The van der Waals surface area contributed by atoms with E-state index in [0.717, 1.165) is 37.7 Å². The molecule has 132 valence electrons. The van der Waals surface area contributed by atoms with Gasteiger partial charge in [-0.25, -0.2) is 4.98 Å². The van der Waals surface area contributed by atoms with Crippen molar-refractivity contribution in [3.63, 3.8) is 0 Å². The Bertz CT molecular complexity index is 765. The Morgan fingerprint density at radius 2 is 2.16 bits per heavy atom. The minimum Gasteiger partial charge on any atom is -0.366 e. The number of rotatable bonds is 5. The maximum absolute atomic E-state index is 11.3. The summed E-state index contributed by atoms with van der Waals surface area (Å²) >= 11 is 1.62. The highest BCUT2D eigenvalue weighted by atomic mass is 32.1. The smallest absolute Gasteiger partial charge is 0.274 e. The normalized spacial score (nSPS) is 15.8. The van der Waals surface area contributed by atoms with Crippen LogP contribution in [0.5, 0.6) is 0 Å². The van der Waals surface area contributed by atoms with Crippen LogP contribution < -0.4 is 10.6 Å². The van der Waals surface area contributed by atoms with Crippen molar-refractivity contribution in [3.8, 4) is 0 Å². The summed E-state index contributed by atoms with van der Waals surface area (Å²) in [5, 5.41) is 14.3. The van der Waals surface area contributed by atoms with E-state index >= 15 is 0 Å². The van der Waals surface area contributed by atoms with Crippen molar-refractivity contribution in [2.45, 2.75) is 13.0 Å². The van der Waals surface area contributed by atoms with Crippen LogP contribution in [0.1, 0.15) is 22.3 Å². The number of nitro groups is 1. The first-order valence-corrected chi connectivity index (χ1v) is 8.86. The summed E-state index contributed by atoms with van der Waals surface area (Å²) in [5.41, 5.74) is 5.91. The fourth-order valence-corrected chi connectivity index (χ4v) is 3.65. The summed E-state index contributed by atoms with van der Waals surface area (Å²) in [5.74, 6) is -0.663. The molecule has 2 N–H and O–H groups in total. The number of nitrogens with zero attached hydrogens (tertiary/aromatic N) is 4. The van der Waals surface area contributed by atoms with Crippen molar-refractivity contribution in [3.05, 3.63) is 51.0 Å². The molecule has 2 aromatic rings. The molecule has 1 aliphatic heterocycles. The summed E-state index contributed by atoms with van der Waals surface area (Å²) in [4.78, 5) is 30.9. The average molecular weight is 361 g/mol. The van der Waals surface area contributed by atoms with Crippen LogP contribution in [0.4, 0.5) is 10.8 Å². The lowest BCUT2D eigenvalue weighted by Gasteiger charge is -2.21. The Balaban J connectivity index is 1.72. The second-order valence-electron chi connectivity index (χ2n) is 5.90. The predicted molar refractivity (Wildman–Crippen MR) is 95.8 cm³/mol. The molecule has 1 aromatic carbocycles. The molecule has 1 amide bonds. The highest BCUT2D eigenvalue weighted by Gasteiger charge is 2.21. The van der Waals surface area contributed by atoms with Gasteiger partial charge in [-0.2, -0.15) is 0 Å². The van der Waals surface area contributed by atoms with E-state index in [-0.39, 0.29) is 11.3 Å². The third kappa shape index (κ3) is 4.12. The van der Waals surface area contributed by atoms with E-state index in [0.29, 0.717) is 12.1 Å². The van der Waals surface area contributed by atoms with E-state index < -0.39 is 10.8 Å². The quantitative estimate of drug-likeness (QED) is 0.644. The number of amides is 1. The predicted octanol–water partition coefficient (Wildman–Crippen LogP) is 1.86.